The lowest BCUT2D eigenvalue weighted by Gasteiger charge is -2.33. The maximum Gasteiger partial charge on any atom is 0.199 e. The highest BCUT2D eigenvalue weighted by atomic mass is 19.1. The van der Waals surface area contributed by atoms with Crippen molar-refractivity contribution in [3.8, 4) is 11.5 Å². The summed E-state index contributed by atoms with van der Waals surface area (Å²) in [5.74, 6) is 0.152. The van der Waals surface area contributed by atoms with E-state index in [4.69, 9.17) is 14.2 Å². The molecule has 1 fully saturated rings. The van der Waals surface area contributed by atoms with Gasteiger partial charge in [0, 0.05) is 12.5 Å². The van der Waals surface area contributed by atoms with Crippen LogP contribution in [-0.2, 0) is 4.74 Å². The standard InChI is InChI=1S/C27H25FO4/c1-17-5-7-19(8-6-17)27-25(18-9-11-20(28)12-10-18)26(29)22-14-13-21(16-23(22)32-27)31-24-4-2-3-15-30-24/h5-14,16,24-25,27H,2-4,15H2,1H3. The largest absolute Gasteiger partial charge is 0.484 e. The van der Waals surface area contributed by atoms with Gasteiger partial charge in [0.05, 0.1) is 18.1 Å². The Morgan fingerprint density at radius 3 is 2.41 bits per heavy atom. The second-order valence-electron chi connectivity index (χ2n) is 8.41. The van der Waals surface area contributed by atoms with Crippen molar-refractivity contribution in [2.75, 3.05) is 6.61 Å². The Kier molecular flexibility index (Phi) is 5.66. The first-order valence-corrected chi connectivity index (χ1v) is 11.0. The van der Waals surface area contributed by atoms with Gasteiger partial charge in [0.15, 0.2) is 12.1 Å². The van der Waals surface area contributed by atoms with E-state index >= 15 is 0 Å². The Morgan fingerprint density at radius 1 is 0.938 bits per heavy atom. The third-order valence-electron chi connectivity index (χ3n) is 6.10. The maximum atomic E-state index is 13.6. The molecule has 4 nitrogen and oxygen atoms in total. The van der Waals surface area contributed by atoms with E-state index < -0.39 is 12.0 Å². The van der Waals surface area contributed by atoms with Gasteiger partial charge in [-0.25, -0.2) is 4.39 Å². The van der Waals surface area contributed by atoms with Crippen LogP contribution in [0, 0.1) is 12.7 Å². The topological polar surface area (TPSA) is 44.8 Å². The molecule has 164 valence electrons. The lowest BCUT2D eigenvalue weighted by Crippen LogP contribution is -2.30. The van der Waals surface area contributed by atoms with E-state index in [0.29, 0.717) is 23.7 Å². The summed E-state index contributed by atoms with van der Waals surface area (Å²) in [5.41, 5.74) is 3.24. The highest BCUT2D eigenvalue weighted by molar-refractivity contribution is 6.04. The van der Waals surface area contributed by atoms with Crippen LogP contribution in [0.2, 0.25) is 0 Å². The lowest BCUT2D eigenvalue weighted by molar-refractivity contribution is -0.106. The van der Waals surface area contributed by atoms with Crippen molar-refractivity contribution in [2.24, 2.45) is 0 Å². The molecule has 0 radical (unpaired) electrons. The first-order valence-electron chi connectivity index (χ1n) is 11.0. The fourth-order valence-corrected chi connectivity index (χ4v) is 4.36. The van der Waals surface area contributed by atoms with Crippen molar-refractivity contribution >= 4 is 5.78 Å². The average Bonchev–Trinajstić information content (AvgIpc) is 2.81. The summed E-state index contributed by atoms with van der Waals surface area (Å²) in [6, 6.07) is 19.3. The van der Waals surface area contributed by atoms with Crippen LogP contribution >= 0.6 is 0 Å². The summed E-state index contributed by atoms with van der Waals surface area (Å²) < 4.78 is 31.6. The molecular weight excluding hydrogens is 407 g/mol. The Morgan fingerprint density at radius 2 is 1.69 bits per heavy atom. The smallest absolute Gasteiger partial charge is 0.199 e. The van der Waals surface area contributed by atoms with E-state index in [1.807, 2.05) is 31.2 Å². The van der Waals surface area contributed by atoms with Crippen LogP contribution in [0.25, 0.3) is 0 Å². The van der Waals surface area contributed by atoms with Gasteiger partial charge in [0.25, 0.3) is 0 Å². The number of aryl methyl sites for hydroxylation is 1. The zero-order valence-electron chi connectivity index (χ0n) is 17.9. The van der Waals surface area contributed by atoms with Crippen molar-refractivity contribution in [1.82, 2.24) is 0 Å². The minimum atomic E-state index is -0.570. The molecule has 0 aromatic heterocycles. The van der Waals surface area contributed by atoms with Gasteiger partial charge in [-0.2, -0.15) is 0 Å². The van der Waals surface area contributed by atoms with Crippen molar-refractivity contribution in [2.45, 2.75) is 44.5 Å². The second kappa shape index (κ2) is 8.75. The molecule has 0 aliphatic carbocycles. The number of hydrogen-bond acceptors (Lipinski definition) is 4. The summed E-state index contributed by atoms with van der Waals surface area (Å²) >= 11 is 0. The molecule has 3 aromatic rings. The minimum absolute atomic E-state index is 0.0519. The summed E-state index contributed by atoms with van der Waals surface area (Å²) in [6.45, 7) is 2.71. The predicted molar refractivity (Wildman–Crippen MR) is 119 cm³/mol. The molecule has 3 aromatic carbocycles. The zero-order chi connectivity index (χ0) is 22.1. The molecule has 1 saturated heterocycles. The van der Waals surface area contributed by atoms with Gasteiger partial charge in [0.2, 0.25) is 0 Å². The van der Waals surface area contributed by atoms with Gasteiger partial charge in [-0.05, 0) is 55.2 Å². The summed E-state index contributed by atoms with van der Waals surface area (Å²) in [6.07, 6.45) is 2.16. The molecule has 0 amide bonds. The molecule has 5 heteroatoms. The molecule has 3 atom stereocenters. The molecule has 3 unspecified atom stereocenters. The molecule has 0 bridgehead atoms. The van der Waals surface area contributed by atoms with Gasteiger partial charge < -0.3 is 14.2 Å². The number of benzene rings is 3. The number of ketones is 1. The molecule has 0 spiro atoms. The number of halogens is 1. The number of Topliss-reactive ketones (excluding diaryl/α,β-unsaturated/α-hetero) is 1. The predicted octanol–water partition coefficient (Wildman–Crippen LogP) is 6.14. The number of fused-ring (bicyclic) bond motifs is 1. The maximum absolute atomic E-state index is 13.6. The fraction of sp³-hybridized carbons (Fsp3) is 0.296. The third-order valence-corrected chi connectivity index (χ3v) is 6.10. The summed E-state index contributed by atoms with van der Waals surface area (Å²) in [5, 5.41) is 0. The lowest BCUT2D eigenvalue weighted by atomic mass is 9.81. The Labute approximate surface area is 186 Å². The van der Waals surface area contributed by atoms with Crippen LogP contribution in [0.1, 0.15) is 58.3 Å². The van der Waals surface area contributed by atoms with E-state index in [9.17, 15) is 9.18 Å². The third kappa shape index (κ3) is 4.13. The van der Waals surface area contributed by atoms with Crippen molar-refractivity contribution < 1.29 is 23.4 Å². The van der Waals surface area contributed by atoms with E-state index in [2.05, 4.69) is 0 Å². The van der Waals surface area contributed by atoms with Gasteiger partial charge in [-0.3, -0.25) is 4.79 Å². The zero-order valence-corrected chi connectivity index (χ0v) is 17.9. The first-order chi connectivity index (χ1) is 15.6. The van der Waals surface area contributed by atoms with Crippen molar-refractivity contribution in [1.29, 1.82) is 0 Å². The average molecular weight is 432 g/mol. The van der Waals surface area contributed by atoms with Crippen LogP contribution in [0.3, 0.4) is 0 Å². The van der Waals surface area contributed by atoms with Gasteiger partial charge in [-0.1, -0.05) is 42.0 Å². The molecule has 32 heavy (non-hydrogen) atoms. The molecule has 2 aliphatic rings. The SMILES string of the molecule is Cc1ccc(C2Oc3cc(OC4CCCCO4)ccc3C(=O)C2c2ccc(F)cc2)cc1. The monoisotopic (exact) mass is 432 g/mol. The van der Waals surface area contributed by atoms with Crippen LogP contribution in [0.4, 0.5) is 4.39 Å². The molecule has 5 rings (SSSR count). The number of rotatable bonds is 4. The number of ether oxygens (including phenoxy) is 3. The van der Waals surface area contributed by atoms with Crippen LogP contribution < -0.4 is 9.47 Å². The van der Waals surface area contributed by atoms with Gasteiger partial charge in [0.1, 0.15) is 23.4 Å². The van der Waals surface area contributed by atoms with Crippen molar-refractivity contribution in [3.05, 3.63) is 94.8 Å². The Bertz CT molecular complexity index is 1100. The minimum Gasteiger partial charge on any atom is -0.484 e. The number of hydrogen-bond donors (Lipinski definition) is 0. The quantitative estimate of drug-likeness (QED) is 0.497. The van der Waals surface area contributed by atoms with E-state index in [-0.39, 0.29) is 17.9 Å². The van der Waals surface area contributed by atoms with E-state index in [1.54, 1.807) is 30.3 Å². The number of carbonyl (C=O) groups is 1. The first kappa shape index (κ1) is 20.7. The fourth-order valence-electron chi connectivity index (χ4n) is 4.36. The summed E-state index contributed by atoms with van der Waals surface area (Å²) in [7, 11) is 0. The highest BCUT2D eigenvalue weighted by Gasteiger charge is 2.39. The van der Waals surface area contributed by atoms with Crippen LogP contribution in [0.5, 0.6) is 11.5 Å². The van der Waals surface area contributed by atoms with Crippen molar-refractivity contribution in [3.63, 3.8) is 0 Å². The molecular formula is C27H25FO4. The Balaban J connectivity index is 1.51. The van der Waals surface area contributed by atoms with Crippen LogP contribution in [0.15, 0.2) is 66.7 Å². The Hall–Kier alpha value is -3.18. The van der Waals surface area contributed by atoms with E-state index in [1.165, 1.54) is 12.1 Å². The van der Waals surface area contributed by atoms with E-state index in [0.717, 1.165) is 36.0 Å². The normalized spacial score (nSPS) is 22.7. The molecule has 0 saturated carbocycles. The molecule has 2 aliphatic heterocycles. The number of carbonyl (C=O) groups excluding carboxylic acids is 1. The molecule has 2 heterocycles. The summed E-state index contributed by atoms with van der Waals surface area (Å²) in [4.78, 5) is 13.6. The highest BCUT2D eigenvalue weighted by Crippen LogP contribution is 2.45. The molecule has 0 N–H and O–H groups in total. The van der Waals surface area contributed by atoms with Crippen LogP contribution in [-0.4, -0.2) is 18.7 Å². The van der Waals surface area contributed by atoms with Gasteiger partial charge >= 0.3 is 0 Å². The van der Waals surface area contributed by atoms with Gasteiger partial charge in [-0.15, -0.1) is 0 Å². The second-order valence-corrected chi connectivity index (χ2v) is 8.41.